The Balaban J connectivity index is 1.74. The lowest BCUT2D eigenvalue weighted by Crippen LogP contribution is -2.38. The number of nitrogens with one attached hydrogen (secondary N) is 1. The molecule has 2 unspecified atom stereocenters. The summed E-state index contributed by atoms with van der Waals surface area (Å²) in [5.74, 6) is 0.686. The van der Waals surface area contributed by atoms with E-state index in [1.807, 2.05) is 20.2 Å². The highest BCUT2D eigenvalue weighted by atomic mass is 16.3. The highest BCUT2D eigenvalue weighted by Crippen LogP contribution is 2.42. The van der Waals surface area contributed by atoms with Gasteiger partial charge in [0.15, 0.2) is 0 Å². The molecular formula is C18H25N3O. The van der Waals surface area contributed by atoms with E-state index in [0.717, 1.165) is 5.56 Å². The van der Waals surface area contributed by atoms with Crippen molar-refractivity contribution in [1.82, 2.24) is 15.1 Å². The summed E-state index contributed by atoms with van der Waals surface area (Å²) in [7, 11) is 1.87. The highest BCUT2D eigenvalue weighted by Gasteiger charge is 2.35. The summed E-state index contributed by atoms with van der Waals surface area (Å²) in [5, 5.41) is 18.5. The van der Waals surface area contributed by atoms with Crippen molar-refractivity contribution in [2.45, 2.75) is 38.3 Å². The molecule has 0 saturated heterocycles. The van der Waals surface area contributed by atoms with E-state index in [2.05, 4.69) is 41.6 Å². The number of hydrogen-bond acceptors (Lipinski definition) is 3. The van der Waals surface area contributed by atoms with Gasteiger partial charge in [-0.2, -0.15) is 5.10 Å². The van der Waals surface area contributed by atoms with Crippen LogP contribution in [0, 0.1) is 12.8 Å². The minimum atomic E-state index is -0.913. The first-order chi connectivity index (χ1) is 10.5. The summed E-state index contributed by atoms with van der Waals surface area (Å²) >= 11 is 0. The second-order valence-corrected chi connectivity index (χ2v) is 6.73. The molecule has 2 N–H and O–H groups in total. The first kappa shape index (κ1) is 15.3. The number of benzene rings is 1. The van der Waals surface area contributed by atoms with Gasteiger partial charge in [-0.05, 0) is 43.7 Å². The molecule has 1 aliphatic rings. The first-order valence-corrected chi connectivity index (χ1v) is 7.98. The summed E-state index contributed by atoms with van der Waals surface area (Å²) in [6.45, 7) is 4.53. The van der Waals surface area contributed by atoms with Gasteiger partial charge < -0.3 is 10.4 Å². The zero-order valence-corrected chi connectivity index (χ0v) is 13.6. The Morgan fingerprint density at radius 1 is 1.41 bits per heavy atom. The van der Waals surface area contributed by atoms with Crippen molar-refractivity contribution < 1.29 is 5.11 Å². The highest BCUT2D eigenvalue weighted by molar-refractivity contribution is 5.30. The largest absolute Gasteiger partial charge is 0.384 e. The Hall–Kier alpha value is -1.65. The van der Waals surface area contributed by atoms with E-state index in [4.69, 9.17) is 0 Å². The molecule has 2 aromatic rings. The van der Waals surface area contributed by atoms with Crippen LogP contribution < -0.4 is 5.32 Å². The standard InChI is InChI=1S/C18H25N3O/c1-13-6-4-5-7-16(13)17(14-8-9-14)19-12-18(2,22)15-10-20-21(3)11-15/h4-7,10-11,14,17,19,22H,8-9,12H2,1-3H3. The SMILES string of the molecule is Cc1ccccc1C(NCC(C)(O)c1cnn(C)c1)C1CC1. The van der Waals surface area contributed by atoms with Crippen LogP contribution in [0.15, 0.2) is 36.7 Å². The van der Waals surface area contributed by atoms with Crippen molar-refractivity contribution in [3.05, 3.63) is 53.3 Å². The lowest BCUT2D eigenvalue weighted by atomic mass is 9.95. The number of nitrogens with zero attached hydrogens (tertiary/aromatic N) is 2. The fraction of sp³-hybridized carbons (Fsp3) is 0.500. The fourth-order valence-corrected chi connectivity index (χ4v) is 3.01. The number of rotatable bonds is 6. The van der Waals surface area contributed by atoms with Crippen LogP contribution in [0.1, 0.15) is 42.5 Å². The van der Waals surface area contributed by atoms with E-state index in [1.165, 1.54) is 24.0 Å². The van der Waals surface area contributed by atoms with E-state index >= 15 is 0 Å². The van der Waals surface area contributed by atoms with Crippen molar-refractivity contribution in [3.8, 4) is 0 Å². The molecule has 1 saturated carbocycles. The molecule has 0 radical (unpaired) electrons. The molecule has 22 heavy (non-hydrogen) atoms. The molecule has 0 bridgehead atoms. The Morgan fingerprint density at radius 2 is 2.14 bits per heavy atom. The summed E-state index contributed by atoms with van der Waals surface area (Å²) in [5.41, 5.74) is 2.60. The maximum Gasteiger partial charge on any atom is 0.102 e. The minimum Gasteiger partial charge on any atom is -0.384 e. The number of aromatic nitrogens is 2. The maximum absolute atomic E-state index is 10.8. The van der Waals surface area contributed by atoms with Gasteiger partial charge in [-0.25, -0.2) is 0 Å². The molecule has 2 atom stereocenters. The van der Waals surface area contributed by atoms with E-state index in [-0.39, 0.29) is 0 Å². The fourth-order valence-electron chi connectivity index (χ4n) is 3.01. The first-order valence-electron chi connectivity index (χ1n) is 7.98. The van der Waals surface area contributed by atoms with Gasteiger partial charge in [0.2, 0.25) is 0 Å². The minimum absolute atomic E-state index is 0.323. The summed E-state index contributed by atoms with van der Waals surface area (Å²) in [6.07, 6.45) is 6.14. The smallest absolute Gasteiger partial charge is 0.102 e. The molecule has 3 rings (SSSR count). The van der Waals surface area contributed by atoms with Crippen LogP contribution in [0.2, 0.25) is 0 Å². The lowest BCUT2D eigenvalue weighted by Gasteiger charge is -2.27. The summed E-state index contributed by atoms with van der Waals surface area (Å²) < 4.78 is 1.73. The molecule has 1 fully saturated rings. The van der Waals surface area contributed by atoms with Gasteiger partial charge >= 0.3 is 0 Å². The van der Waals surface area contributed by atoms with Crippen molar-refractivity contribution in [1.29, 1.82) is 0 Å². The summed E-state index contributed by atoms with van der Waals surface area (Å²) in [6, 6.07) is 8.85. The van der Waals surface area contributed by atoms with Crippen molar-refractivity contribution in [2.24, 2.45) is 13.0 Å². The van der Waals surface area contributed by atoms with E-state index in [9.17, 15) is 5.11 Å². The van der Waals surface area contributed by atoms with E-state index in [1.54, 1.807) is 10.9 Å². The van der Waals surface area contributed by atoms with Crippen LogP contribution in [0.3, 0.4) is 0 Å². The molecule has 0 spiro atoms. The van der Waals surface area contributed by atoms with Crippen LogP contribution >= 0.6 is 0 Å². The molecule has 1 aliphatic carbocycles. The van der Waals surface area contributed by atoms with Gasteiger partial charge in [-0.15, -0.1) is 0 Å². The van der Waals surface area contributed by atoms with Crippen molar-refractivity contribution in [3.63, 3.8) is 0 Å². The second kappa shape index (κ2) is 5.86. The zero-order valence-electron chi connectivity index (χ0n) is 13.6. The van der Waals surface area contributed by atoms with Gasteiger partial charge in [0.1, 0.15) is 5.60 Å². The second-order valence-electron chi connectivity index (χ2n) is 6.73. The molecule has 1 aromatic heterocycles. The van der Waals surface area contributed by atoms with Crippen LogP contribution in [0.4, 0.5) is 0 Å². The molecule has 1 heterocycles. The van der Waals surface area contributed by atoms with E-state index in [0.29, 0.717) is 18.5 Å². The molecule has 4 nitrogen and oxygen atoms in total. The number of hydrogen-bond donors (Lipinski definition) is 2. The Kier molecular flexibility index (Phi) is 4.06. The van der Waals surface area contributed by atoms with Gasteiger partial charge in [0.05, 0.1) is 6.20 Å². The average molecular weight is 299 g/mol. The third-order valence-corrected chi connectivity index (χ3v) is 4.61. The Morgan fingerprint density at radius 3 is 2.73 bits per heavy atom. The summed E-state index contributed by atoms with van der Waals surface area (Å²) in [4.78, 5) is 0. The topological polar surface area (TPSA) is 50.1 Å². The average Bonchev–Trinajstić information content (AvgIpc) is 3.21. The maximum atomic E-state index is 10.8. The normalized spacial score (nSPS) is 18.9. The monoisotopic (exact) mass is 299 g/mol. The van der Waals surface area contributed by atoms with Gasteiger partial charge in [0.25, 0.3) is 0 Å². The van der Waals surface area contributed by atoms with Crippen LogP contribution in [-0.2, 0) is 12.6 Å². The van der Waals surface area contributed by atoms with Crippen LogP contribution in [0.5, 0.6) is 0 Å². The quantitative estimate of drug-likeness (QED) is 0.862. The number of aliphatic hydroxyl groups is 1. The number of aryl methyl sites for hydroxylation is 2. The predicted molar refractivity (Wildman–Crippen MR) is 87.4 cm³/mol. The van der Waals surface area contributed by atoms with Crippen molar-refractivity contribution >= 4 is 0 Å². The molecule has 118 valence electrons. The third kappa shape index (κ3) is 3.23. The molecule has 1 aromatic carbocycles. The Bertz CT molecular complexity index is 643. The van der Waals surface area contributed by atoms with Crippen LogP contribution in [0.25, 0.3) is 0 Å². The predicted octanol–water partition coefficient (Wildman–Crippen LogP) is 2.68. The van der Waals surface area contributed by atoms with Gasteiger partial charge in [-0.3, -0.25) is 4.68 Å². The van der Waals surface area contributed by atoms with E-state index < -0.39 is 5.60 Å². The molecule has 0 aliphatic heterocycles. The molecule has 4 heteroatoms. The van der Waals surface area contributed by atoms with Crippen molar-refractivity contribution in [2.75, 3.05) is 6.54 Å². The third-order valence-electron chi connectivity index (χ3n) is 4.61. The molecule has 0 amide bonds. The zero-order chi connectivity index (χ0) is 15.7. The van der Waals surface area contributed by atoms with Gasteiger partial charge in [-0.1, -0.05) is 24.3 Å². The van der Waals surface area contributed by atoms with Gasteiger partial charge in [0, 0.05) is 31.4 Å². The molecular weight excluding hydrogens is 274 g/mol. The Labute approximate surface area is 132 Å². The van der Waals surface area contributed by atoms with Crippen LogP contribution in [-0.4, -0.2) is 21.4 Å². The lowest BCUT2D eigenvalue weighted by molar-refractivity contribution is 0.0528.